The van der Waals surface area contributed by atoms with Crippen molar-refractivity contribution in [1.82, 2.24) is 9.47 Å². The lowest BCUT2D eigenvalue weighted by atomic mass is 10.0. The monoisotopic (exact) mass is 249 g/mol. The smallest absolute Gasteiger partial charge is 0.250 e. The summed E-state index contributed by atoms with van der Waals surface area (Å²) in [4.78, 5) is 14.1. The van der Waals surface area contributed by atoms with E-state index in [4.69, 9.17) is 5.73 Å². The molecule has 18 heavy (non-hydrogen) atoms. The van der Waals surface area contributed by atoms with Crippen LogP contribution in [0.1, 0.15) is 26.2 Å². The lowest BCUT2D eigenvalue weighted by molar-refractivity contribution is 0.305. The number of hydrogen-bond donors (Lipinski definition) is 1. The second-order valence-electron chi connectivity index (χ2n) is 5.24. The van der Waals surface area contributed by atoms with Gasteiger partial charge in [0.05, 0.1) is 0 Å². The van der Waals surface area contributed by atoms with E-state index < -0.39 is 0 Å². The summed E-state index contributed by atoms with van der Waals surface area (Å²) < 4.78 is 1.71. The molecule has 0 saturated carbocycles. The molecule has 2 heterocycles. The first-order chi connectivity index (χ1) is 8.69. The van der Waals surface area contributed by atoms with Crippen LogP contribution in [0.5, 0.6) is 0 Å². The topological polar surface area (TPSA) is 51.3 Å². The van der Waals surface area contributed by atoms with Gasteiger partial charge in [-0.25, -0.2) is 0 Å². The van der Waals surface area contributed by atoms with Gasteiger partial charge in [-0.2, -0.15) is 0 Å². The van der Waals surface area contributed by atoms with Gasteiger partial charge in [-0.15, -0.1) is 0 Å². The summed E-state index contributed by atoms with van der Waals surface area (Å²) in [5.74, 6) is 0.854. The van der Waals surface area contributed by atoms with Crippen molar-refractivity contribution in [2.24, 2.45) is 5.92 Å². The normalized spacial score (nSPS) is 20.4. The van der Waals surface area contributed by atoms with Crippen molar-refractivity contribution in [3.8, 4) is 0 Å². The van der Waals surface area contributed by atoms with E-state index in [9.17, 15) is 4.79 Å². The first-order valence-corrected chi connectivity index (χ1v) is 6.87. The molecule has 2 rings (SSSR count). The minimum Gasteiger partial charge on any atom is -0.398 e. The Balaban J connectivity index is 1.85. The third kappa shape index (κ3) is 3.35. The van der Waals surface area contributed by atoms with Gasteiger partial charge in [0.2, 0.25) is 0 Å². The average Bonchev–Trinajstić information content (AvgIpc) is 2.79. The van der Waals surface area contributed by atoms with E-state index in [1.165, 1.54) is 32.4 Å². The Morgan fingerprint density at radius 3 is 3.00 bits per heavy atom. The highest BCUT2D eigenvalue weighted by Gasteiger charge is 2.21. The van der Waals surface area contributed by atoms with Crippen molar-refractivity contribution in [3.05, 3.63) is 28.7 Å². The Kier molecular flexibility index (Phi) is 4.42. The SMILES string of the molecule is CCCC1CCN(CCn2cc(N)ccc2=O)C1. The molecule has 0 aliphatic carbocycles. The maximum absolute atomic E-state index is 11.6. The van der Waals surface area contributed by atoms with E-state index in [0.717, 1.165) is 19.0 Å². The van der Waals surface area contributed by atoms with Crippen LogP contribution < -0.4 is 11.3 Å². The summed E-state index contributed by atoms with van der Waals surface area (Å²) in [5, 5.41) is 0. The zero-order chi connectivity index (χ0) is 13.0. The van der Waals surface area contributed by atoms with Gasteiger partial charge in [-0.05, 0) is 31.4 Å². The standard InChI is InChI=1S/C14H23N3O/c1-2-3-12-6-7-16(10-12)8-9-17-11-13(15)4-5-14(17)18/h4-5,11-12H,2-3,6-10,15H2,1H3. The van der Waals surface area contributed by atoms with Gasteiger partial charge in [-0.1, -0.05) is 13.3 Å². The maximum Gasteiger partial charge on any atom is 0.250 e. The Hall–Kier alpha value is -1.29. The van der Waals surface area contributed by atoms with Crippen LogP contribution in [0.15, 0.2) is 23.1 Å². The molecule has 4 heteroatoms. The Labute approximate surface area is 108 Å². The summed E-state index contributed by atoms with van der Waals surface area (Å²) in [6.45, 7) is 6.29. The molecule has 1 atom stereocenters. The summed E-state index contributed by atoms with van der Waals surface area (Å²) in [7, 11) is 0. The second kappa shape index (κ2) is 6.05. The molecule has 1 aliphatic heterocycles. The molecule has 1 saturated heterocycles. The number of rotatable bonds is 5. The molecule has 1 aromatic heterocycles. The second-order valence-corrected chi connectivity index (χ2v) is 5.24. The number of likely N-dealkylation sites (tertiary alicyclic amines) is 1. The molecule has 0 aromatic carbocycles. The molecule has 0 amide bonds. The maximum atomic E-state index is 11.6. The van der Waals surface area contributed by atoms with Gasteiger partial charge in [0.1, 0.15) is 0 Å². The number of hydrogen-bond acceptors (Lipinski definition) is 3. The van der Waals surface area contributed by atoms with Gasteiger partial charge >= 0.3 is 0 Å². The van der Waals surface area contributed by atoms with E-state index in [2.05, 4.69) is 11.8 Å². The number of nitrogens with zero attached hydrogens (tertiary/aromatic N) is 2. The van der Waals surface area contributed by atoms with Crippen molar-refractivity contribution in [2.45, 2.75) is 32.7 Å². The van der Waals surface area contributed by atoms with Crippen molar-refractivity contribution >= 4 is 5.69 Å². The highest BCUT2D eigenvalue weighted by molar-refractivity contribution is 5.33. The number of nitrogen functional groups attached to an aromatic ring is 1. The van der Waals surface area contributed by atoms with Crippen molar-refractivity contribution in [3.63, 3.8) is 0 Å². The third-order valence-corrected chi connectivity index (χ3v) is 3.73. The molecular formula is C14H23N3O. The fraction of sp³-hybridized carbons (Fsp3) is 0.643. The Morgan fingerprint density at radius 1 is 1.39 bits per heavy atom. The molecule has 0 bridgehead atoms. The van der Waals surface area contributed by atoms with Crippen LogP contribution in [0.25, 0.3) is 0 Å². The quantitative estimate of drug-likeness (QED) is 0.861. The van der Waals surface area contributed by atoms with Crippen molar-refractivity contribution in [2.75, 3.05) is 25.4 Å². The predicted molar refractivity (Wildman–Crippen MR) is 74.6 cm³/mol. The molecule has 1 fully saturated rings. The molecule has 2 N–H and O–H groups in total. The van der Waals surface area contributed by atoms with E-state index in [-0.39, 0.29) is 5.56 Å². The van der Waals surface area contributed by atoms with Gasteiger partial charge < -0.3 is 15.2 Å². The molecule has 0 spiro atoms. The van der Waals surface area contributed by atoms with Gasteiger partial charge in [0, 0.05) is 37.6 Å². The average molecular weight is 249 g/mol. The van der Waals surface area contributed by atoms with Crippen LogP contribution >= 0.6 is 0 Å². The van der Waals surface area contributed by atoms with Gasteiger partial charge in [-0.3, -0.25) is 4.79 Å². The van der Waals surface area contributed by atoms with E-state index in [0.29, 0.717) is 5.69 Å². The van der Waals surface area contributed by atoms with Crippen LogP contribution in [0, 0.1) is 5.92 Å². The zero-order valence-corrected chi connectivity index (χ0v) is 11.1. The molecule has 4 nitrogen and oxygen atoms in total. The predicted octanol–water partition coefficient (Wildman–Crippen LogP) is 1.55. The highest BCUT2D eigenvalue weighted by Crippen LogP contribution is 2.20. The minimum absolute atomic E-state index is 0.0357. The first kappa shape index (κ1) is 13.1. The van der Waals surface area contributed by atoms with Gasteiger partial charge in [0.25, 0.3) is 5.56 Å². The minimum atomic E-state index is 0.0357. The summed E-state index contributed by atoms with van der Waals surface area (Å²) in [5.41, 5.74) is 6.39. The number of pyridine rings is 1. The van der Waals surface area contributed by atoms with Crippen LogP contribution in [0.3, 0.4) is 0 Å². The van der Waals surface area contributed by atoms with Crippen molar-refractivity contribution in [1.29, 1.82) is 0 Å². The number of anilines is 1. The highest BCUT2D eigenvalue weighted by atomic mass is 16.1. The lowest BCUT2D eigenvalue weighted by Gasteiger charge is -2.16. The first-order valence-electron chi connectivity index (χ1n) is 6.87. The Morgan fingerprint density at radius 2 is 2.22 bits per heavy atom. The van der Waals surface area contributed by atoms with Crippen LogP contribution in [-0.4, -0.2) is 29.1 Å². The lowest BCUT2D eigenvalue weighted by Crippen LogP contribution is -2.29. The van der Waals surface area contributed by atoms with Crippen LogP contribution in [0.2, 0.25) is 0 Å². The molecule has 1 aliphatic rings. The van der Waals surface area contributed by atoms with Crippen molar-refractivity contribution < 1.29 is 0 Å². The largest absolute Gasteiger partial charge is 0.398 e. The Bertz CT molecular complexity index is 441. The van der Waals surface area contributed by atoms with E-state index in [1.807, 2.05) is 0 Å². The molecular weight excluding hydrogens is 226 g/mol. The zero-order valence-electron chi connectivity index (χ0n) is 11.1. The summed E-state index contributed by atoms with van der Waals surface area (Å²) >= 11 is 0. The fourth-order valence-corrected chi connectivity index (χ4v) is 2.73. The molecule has 1 unspecified atom stereocenters. The third-order valence-electron chi connectivity index (χ3n) is 3.73. The van der Waals surface area contributed by atoms with E-state index in [1.54, 1.807) is 22.9 Å². The number of nitrogens with two attached hydrogens (primary N) is 1. The van der Waals surface area contributed by atoms with E-state index >= 15 is 0 Å². The molecule has 1 aromatic rings. The molecule has 0 radical (unpaired) electrons. The van der Waals surface area contributed by atoms with Crippen LogP contribution in [0.4, 0.5) is 5.69 Å². The van der Waals surface area contributed by atoms with Crippen LogP contribution in [-0.2, 0) is 6.54 Å². The fourth-order valence-electron chi connectivity index (χ4n) is 2.73. The summed E-state index contributed by atoms with van der Waals surface area (Å²) in [6.07, 6.45) is 5.64. The summed E-state index contributed by atoms with van der Waals surface area (Å²) in [6, 6.07) is 3.20. The van der Waals surface area contributed by atoms with Gasteiger partial charge in [0.15, 0.2) is 0 Å². The molecule has 100 valence electrons. The number of aromatic nitrogens is 1.